The van der Waals surface area contributed by atoms with Gasteiger partial charge >= 0.3 is 0 Å². The summed E-state index contributed by atoms with van der Waals surface area (Å²) in [5, 5.41) is 4.45. The van der Waals surface area contributed by atoms with Crippen molar-refractivity contribution in [2.45, 2.75) is 219 Å². The van der Waals surface area contributed by atoms with Crippen molar-refractivity contribution in [2.24, 2.45) is 0 Å². The molecule has 0 atom stereocenters. The highest BCUT2D eigenvalue weighted by molar-refractivity contribution is 6.10. The van der Waals surface area contributed by atoms with Crippen LogP contribution in [0.4, 0.5) is 0 Å². The maximum atomic E-state index is 6.73. The van der Waals surface area contributed by atoms with Gasteiger partial charge in [0.1, 0.15) is 11.5 Å². The Balaban J connectivity index is 1.28. The molecule has 0 aliphatic rings. The second-order valence-electron chi connectivity index (χ2n) is 18.3. The normalized spacial score (nSPS) is 11.3. The zero-order chi connectivity index (χ0) is 43.7. The van der Waals surface area contributed by atoms with Crippen molar-refractivity contribution >= 4 is 21.5 Å². The van der Waals surface area contributed by atoms with Gasteiger partial charge in [0.05, 0.1) is 13.2 Å². The fourth-order valence-corrected chi connectivity index (χ4v) is 9.22. The van der Waals surface area contributed by atoms with Crippen molar-refractivity contribution in [2.75, 3.05) is 13.2 Å². The van der Waals surface area contributed by atoms with Crippen molar-refractivity contribution in [3.8, 4) is 47.3 Å². The number of unbranched alkanes of at least 4 members (excludes halogenated alkanes) is 30. The summed E-state index contributed by atoms with van der Waals surface area (Å²) in [5.74, 6) is 7.46. The fourth-order valence-electron chi connectivity index (χ4n) is 9.22. The first-order valence-corrected chi connectivity index (χ1v) is 26.0. The maximum Gasteiger partial charge on any atom is 0.127 e. The summed E-state index contributed by atoms with van der Waals surface area (Å²) >= 11 is 0. The molecule has 0 N–H and O–H groups in total. The molecular formula is C60H86O2. The van der Waals surface area contributed by atoms with Gasteiger partial charge in [0.2, 0.25) is 0 Å². The summed E-state index contributed by atoms with van der Waals surface area (Å²) in [6.45, 7) is 5.98. The average molecular weight is 839 g/mol. The molecule has 0 heterocycles. The Morgan fingerprint density at radius 1 is 0.339 bits per heavy atom. The SMILES string of the molecule is C#Cc1ccc2c(-c3c(OCCCCCCCCCCCCCCCCCC)ccc4cc(C#C)ccc34)c(OCCCCCCCCCCCCCCCCCC)ccc2c1. The summed E-state index contributed by atoms with van der Waals surface area (Å²) in [6.07, 6.45) is 55.2. The molecule has 2 heteroatoms. The van der Waals surface area contributed by atoms with E-state index in [1.807, 2.05) is 12.1 Å². The molecule has 0 unspecified atom stereocenters. The van der Waals surface area contributed by atoms with E-state index in [4.69, 9.17) is 22.3 Å². The number of benzene rings is 4. The highest BCUT2D eigenvalue weighted by atomic mass is 16.5. The third-order valence-corrected chi connectivity index (χ3v) is 13.1. The Hall–Kier alpha value is -3.88. The lowest BCUT2D eigenvalue weighted by atomic mass is 9.91. The van der Waals surface area contributed by atoms with Crippen LogP contribution in [-0.2, 0) is 0 Å². The van der Waals surface area contributed by atoms with E-state index in [0.717, 1.165) is 68.1 Å². The Morgan fingerprint density at radius 3 is 0.887 bits per heavy atom. The van der Waals surface area contributed by atoms with Gasteiger partial charge in [-0.05, 0) is 70.8 Å². The molecule has 4 aromatic carbocycles. The third-order valence-electron chi connectivity index (χ3n) is 13.1. The first-order valence-electron chi connectivity index (χ1n) is 26.0. The minimum absolute atomic E-state index is 0.695. The van der Waals surface area contributed by atoms with Crippen LogP contribution in [-0.4, -0.2) is 13.2 Å². The Bertz CT molecular complexity index is 1730. The van der Waals surface area contributed by atoms with E-state index in [-0.39, 0.29) is 0 Å². The number of ether oxygens (including phenoxy) is 2. The van der Waals surface area contributed by atoms with E-state index in [0.29, 0.717) is 13.2 Å². The highest BCUT2D eigenvalue weighted by Gasteiger charge is 2.20. The Morgan fingerprint density at radius 2 is 0.613 bits per heavy atom. The monoisotopic (exact) mass is 839 g/mol. The van der Waals surface area contributed by atoms with Gasteiger partial charge < -0.3 is 9.47 Å². The molecule has 0 saturated heterocycles. The maximum absolute atomic E-state index is 6.73. The average Bonchev–Trinajstić information content (AvgIpc) is 3.30. The first-order chi connectivity index (χ1) is 30.7. The van der Waals surface area contributed by atoms with Gasteiger partial charge in [-0.3, -0.25) is 0 Å². The number of hydrogen-bond acceptors (Lipinski definition) is 2. The minimum atomic E-state index is 0.695. The standard InChI is InChI=1S/C60H86O2/c1-5-9-11-13-15-17-19-21-23-25-27-29-31-33-35-37-47-61-57-45-41-53-49-51(7-3)39-43-55(53)59(57)60-56-44-40-52(8-4)50-54(56)42-46-58(60)62-48-38-36-34-32-30-28-26-24-22-20-18-16-14-12-10-6-2/h3-4,39-46,49-50H,5-6,9-38,47-48H2,1-2H3. The summed E-state index contributed by atoms with van der Waals surface area (Å²) in [5.41, 5.74) is 3.90. The molecule has 0 aromatic heterocycles. The molecule has 0 spiro atoms. The molecule has 0 bridgehead atoms. The van der Waals surface area contributed by atoms with E-state index < -0.39 is 0 Å². The van der Waals surface area contributed by atoms with Crippen LogP contribution >= 0.6 is 0 Å². The summed E-state index contributed by atoms with van der Waals surface area (Å²) in [4.78, 5) is 0. The molecule has 338 valence electrons. The Labute approximate surface area is 381 Å². The van der Waals surface area contributed by atoms with Crippen LogP contribution in [0.3, 0.4) is 0 Å². The summed E-state index contributed by atoms with van der Waals surface area (Å²) in [6, 6.07) is 21.2. The predicted molar refractivity (Wildman–Crippen MR) is 273 cm³/mol. The molecular weight excluding hydrogens is 753 g/mol. The van der Waals surface area contributed by atoms with Crippen molar-refractivity contribution in [1.29, 1.82) is 0 Å². The van der Waals surface area contributed by atoms with Crippen LogP contribution in [0.15, 0.2) is 60.7 Å². The predicted octanol–water partition coefficient (Wildman–Crippen LogP) is 18.9. The van der Waals surface area contributed by atoms with E-state index in [1.165, 1.54) is 193 Å². The number of terminal acetylenes is 2. The van der Waals surface area contributed by atoms with Crippen LogP contribution in [0, 0.1) is 24.7 Å². The van der Waals surface area contributed by atoms with E-state index >= 15 is 0 Å². The zero-order valence-corrected chi connectivity index (χ0v) is 39.8. The molecule has 4 aromatic rings. The number of fused-ring (bicyclic) bond motifs is 2. The van der Waals surface area contributed by atoms with Gasteiger partial charge in [0, 0.05) is 22.3 Å². The van der Waals surface area contributed by atoms with Crippen molar-refractivity contribution in [3.05, 3.63) is 71.8 Å². The molecule has 0 fully saturated rings. The molecule has 0 aliphatic heterocycles. The van der Waals surface area contributed by atoms with Crippen molar-refractivity contribution < 1.29 is 9.47 Å². The quantitative estimate of drug-likeness (QED) is 0.0333. The number of hydrogen-bond donors (Lipinski definition) is 0. The lowest BCUT2D eigenvalue weighted by Crippen LogP contribution is -2.03. The fraction of sp³-hybridized carbons (Fsp3) is 0.600. The highest BCUT2D eigenvalue weighted by Crippen LogP contribution is 2.46. The van der Waals surface area contributed by atoms with Crippen molar-refractivity contribution in [1.82, 2.24) is 0 Å². The minimum Gasteiger partial charge on any atom is -0.493 e. The smallest absolute Gasteiger partial charge is 0.127 e. The van der Waals surface area contributed by atoms with Crippen LogP contribution in [0.2, 0.25) is 0 Å². The van der Waals surface area contributed by atoms with E-state index in [9.17, 15) is 0 Å². The second-order valence-corrected chi connectivity index (χ2v) is 18.3. The van der Waals surface area contributed by atoms with Crippen LogP contribution in [0.25, 0.3) is 32.7 Å². The molecule has 62 heavy (non-hydrogen) atoms. The third kappa shape index (κ3) is 19.2. The van der Waals surface area contributed by atoms with Gasteiger partial charge in [-0.25, -0.2) is 0 Å². The van der Waals surface area contributed by atoms with E-state index in [1.54, 1.807) is 0 Å². The lowest BCUT2D eigenvalue weighted by molar-refractivity contribution is 0.301. The van der Waals surface area contributed by atoms with Gasteiger partial charge in [-0.2, -0.15) is 0 Å². The number of rotatable bonds is 37. The van der Waals surface area contributed by atoms with Crippen LogP contribution < -0.4 is 9.47 Å². The summed E-state index contributed by atoms with van der Waals surface area (Å²) in [7, 11) is 0. The topological polar surface area (TPSA) is 18.5 Å². The van der Waals surface area contributed by atoms with Crippen LogP contribution in [0.1, 0.15) is 230 Å². The zero-order valence-electron chi connectivity index (χ0n) is 39.8. The van der Waals surface area contributed by atoms with Gasteiger partial charge in [-0.1, -0.05) is 243 Å². The summed E-state index contributed by atoms with van der Waals surface area (Å²) < 4.78 is 13.5. The first kappa shape index (κ1) is 50.8. The Kier molecular flexibility index (Phi) is 26.8. The molecule has 0 radical (unpaired) electrons. The molecule has 0 amide bonds. The lowest BCUT2D eigenvalue weighted by Gasteiger charge is -2.20. The molecule has 4 rings (SSSR count). The van der Waals surface area contributed by atoms with Gasteiger partial charge in [0.15, 0.2) is 0 Å². The van der Waals surface area contributed by atoms with Gasteiger partial charge in [0.25, 0.3) is 0 Å². The van der Waals surface area contributed by atoms with E-state index in [2.05, 4.69) is 74.2 Å². The molecule has 0 saturated carbocycles. The molecule has 2 nitrogen and oxygen atoms in total. The van der Waals surface area contributed by atoms with Gasteiger partial charge in [-0.15, -0.1) is 12.8 Å². The molecule has 0 aliphatic carbocycles. The van der Waals surface area contributed by atoms with Crippen molar-refractivity contribution in [3.63, 3.8) is 0 Å². The second kappa shape index (κ2) is 32.7. The largest absolute Gasteiger partial charge is 0.493 e. The van der Waals surface area contributed by atoms with Crippen LogP contribution in [0.5, 0.6) is 11.5 Å².